The van der Waals surface area contributed by atoms with Crippen LogP contribution >= 0.6 is 0 Å². The van der Waals surface area contributed by atoms with Crippen molar-refractivity contribution in [3.63, 3.8) is 0 Å². The standard InChI is InChI=1S/C41H28N2O12/c1-2-54-22-13-9-20(10-14-22)42-28(44)18-55-23-15-11-21(12-16-23)43-37(45)34-30-25-8-4-6-19-5-3-7-24(29(19)25)26-17-27(38(46)47)32(39(48)49)33(31(26)30)35(40(50)51)36(34)41(52)53/h3-17H,2,18H2,1H3,(H,42,44)(H,43,45)(H,46,47)(H,48,49)(H,50,51)(H,52,53). The van der Waals surface area contributed by atoms with Crippen LogP contribution in [-0.2, 0) is 4.79 Å². The third kappa shape index (κ3) is 6.27. The molecule has 6 N–H and O–H groups in total. The fourth-order valence-electron chi connectivity index (χ4n) is 6.97. The van der Waals surface area contributed by atoms with Crippen molar-refractivity contribution in [1.29, 1.82) is 0 Å². The van der Waals surface area contributed by atoms with Gasteiger partial charge in [0.05, 0.1) is 34.4 Å². The molecule has 0 unspecified atom stereocenters. The summed E-state index contributed by atoms with van der Waals surface area (Å²) in [5.41, 5.74) is -3.69. The number of hydrogen-bond donors (Lipinski definition) is 6. The Morgan fingerprint density at radius 3 is 1.65 bits per heavy atom. The lowest BCUT2D eigenvalue weighted by molar-refractivity contribution is -0.118. The summed E-state index contributed by atoms with van der Waals surface area (Å²) in [5, 5.41) is 48.0. The van der Waals surface area contributed by atoms with Crippen LogP contribution in [0.25, 0.3) is 43.1 Å². The van der Waals surface area contributed by atoms with Crippen LogP contribution in [0.15, 0.2) is 91.0 Å². The average molecular weight is 741 g/mol. The Bertz CT molecular complexity index is 2750. The minimum atomic E-state index is -1.89. The molecule has 14 heteroatoms. The van der Waals surface area contributed by atoms with Gasteiger partial charge in [-0.3, -0.25) is 9.59 Å². The zero-order valence-electron chi connectivity index (χ0n) is 28.6. The molecule has 7 rings (SSSR count). The third-order valence-corrected chi connectivity index (χ3v) is 9.07. The Morgan fingerprint density at radius 1 is 0.527 bits per heavy atom. The molecule has 0 fully saturated rings. The van der Waals surface area contributed by atoms with Gasteiger partial charge >= 0.3 is 23.9 Å². The second kappa shape index (κ2) is 14.0. The Balaban J connectivity index is 1.33. The van der Waals surface area contributed by atoms with Crippen LogP contribution < -0.4 is 20.1 Å². The molecule has 0 aliphatic rings. The van der Waals surface area contributed by atoms with Crippen molar-refractivity contribution in [3.8, 4) is 11.5 Å². The summed E-state index contributed by atoms with van der Waals surface area (Å²) in [5.74, 6) is -7.82. The number of fused-ring (bicyclic) bond motifs is 2. The summed E-state index contributed by atoms with van der Waals surface area (Å²) in [4.78, 5) is 78.1. The smallest absolute Gasteiger partial charge is 0.337 e. The second-order valence-electron chi connectivity index (χ2n) is 12.3. The number of carbonyl (C=O) groups is 6. The molecular weight excluding hydrogens is 712 g/mol. The molecule has 0 aliphatic carbocycles. The monoisotopic (exact) mass is 740 g/mol. The van der Waals surface area contributed by atoms with Crippen molar-refractivity contribution >= 4 is 90.2 Å². The van der Waals surface area contributed by atoms with Gasteiger partial charge in [-0.15, -0.1) is 0 Å². The Kier molecular flexibility index (Phi) is 9.08. The van der Waals surface area contributed by atoms with Gasteiger partial charge in [0.15, 0.2) is 6.61 Å². The van der Waals surface area contributed by atoms with E-state index in [-0.39, 0.29) is 34.2 Å². The van der Waals surface area contributed by atoms with E-state index in [9.17, 15) is 49.2 Å². The number of rotatable bonds is 12. The highest BCUT2D eigenvalue weighted by atomic mass is 16.5. The van der Waals surface area contributed by atoms with E-state index in [4.69, 9.17) is 9.47 Å². The molecular formula is C41H28N2O12. The number of nitrogens with one attached hydrogen (secondary N) is 2. The molecule has 7 aromatic carbocycles. The number of anilines is 2. The molecule has 55 heavy (non-hydrogen) atoms. The van der Waals surface area contributed by atoms with Crippen molar-refractivity contribution in [1.82, 2.24) is 0 Å². The van der Waals surface area contributed by atoms with E-state index >= 15 is 0 Å². The molecule has 0 bridgehead atoms. The van der Waals surface area contributed by atoms with E-state index in [1.807, 2.05) is 6.92 Å². The number of benzene rings is 7. The van der Waals surface area contributed by atoms with Crippen LogP contribution in [0.2, 0.25) is 0 Å². The molecule has 0 spiro atoms. The van der Waals surface area contributed by atoms with E-state index in [0.29, 0.717) is 39.6 Å². The zero-order valence-corrected chi connectivity index (χ0v) is 28.6. The van der Waals surface area contributed by atoms with Crippen molar-refractivity contribution in [2.24, 2.45) is 0 Å². The molecule has 0 radical (unpaired) electrons. The van der Waals surface area contributed by atoms with Gasteiger partial charge in [0, 0.05) is 27.5 Å². The molecule has 274 valence electrons. The molecule has 0 aliphatic heterocycles. The van der Waals surface area contributed by atoms with E-state index < -0.39 is 68.9 Å². The number of carboxylic acids is 4. The molecule has 7 aromatic rings. The summed E-state index contributed by atoms with van der Waals surface area (Å²) in [6, 6.07) is 23.7. The van der Waals surface area contributed by atoms with Gasteiger partial charge in [0.25, 0.3) is 11.8 Å². The quantitative estimate of drug-likeness (QED) is 0.0540. The lowest BCUT2D eigenvalue weighted by Crippen LogP contribution is -2.22. The lowest BCUT2D eigenvalue weighted by atomic mass is 9.80. The fourth-order valence-corrected chi connectivity index (χ4v) is 6.97. The minimum Gasteiger partial charge on any atom is -0.494 e. The maximum absolute atomic E-state index is 14.4. The first kappa shape index (κ1) is 35.7. The largest absolute Gasteiger partial charge is 0.494 e. The van der Waals surface area contributed by atoms with Crippen LogP contribution in [0.5, 0.6) is 11.5 Å². The number of amides is 2. The molecule has 0 saturated carbocycles. The molecule has 14 nitrogen and oxygen atoms in total. The first-order chi connectivity index (χ1) is 26.4. The maximum atomic E-state index is 14.4. The average Bonchev–Trinajstić information content (AvgIpc) is 3.16. The number of ether oxygens (including phenoxy) is 2. The van der Waals surface area contributed by atoms with E-state index in [1.54, 1.807) is 60.7 Å². The van der Waals surface area contributed by atoms with E-state index in [0.717, 1.165) is 6.07 Å². The van der Waals surface area contributed by atoms with Crippen LogP contribution in [0.4, 0.5) is 11.4 Å². The van der Waals surface area contributed by atoms with Crippen molar-refractivity contribution in [2.45, 2.75) is 6.92 Å². The van der Waals surface area contributed by atoms with Crippen LogP contribution in [0.1, 0.15) is 58.7 Å². The van der Waals surface area contributed by atoms with Crippen molar-refractivity contribution in [2.75, 3.05) is 23.8 Å². The number of carboxylic acid groups (broad SMARTS) is 4. The predicted octanol–water partition coefficient (Wildman–Crippen LogP) is 7.20. The van der Waals surface area contributed by atoms with Gasteiger partial charge in [-0.2, -0.15) is 0 Å². The van der Waals surface area contributed by atoms with Gasteiger partial charge in [0.2, 0.25) is 0 Å². The predicted molar refractivity (Wildman–Crippen MR) is 202 cm³/mol. The van der Waals surface area contributed by atoms with Gasteiger partial charge in [0.1, 0.15) is 11.5 Å². The highest BCUT2D eigenvalue weighted by Gasteiger charge is 2.36. The second-order valence-corrected chi connectivity index (χ2v) is 12.3. The molecule has 0 saturated heterocycles. The highest BCUT2D eigenvalue weighted by molar-refractivity contribution is 6.42. The molecule has 0 atom stereocenters. The zero-order chi connectivity index (χ0) is 39.1. The summed E-state index contributed by atoms with van der Waals surface area (Å²) in [6.07, 6.45) is 0. The normalized spacial score (nSPS) is 11.1. The van der Waals surface area contributed by atoms with E-state index in [2.05, 4.69) is 10.6 Å². The number of hydrogen-bond acceptors (Lipinski definition) is 8. The highest BCUT2D eigenvalue weighted by Crippen LogP contribution is 2.46. The Hall–Kier alpha value is -7.74. The SMILES string of the molecule is CCOc1ccc(NC(=O)COc2ccc(NC(=O)c3c(C(=O)O)c(C(=O)O)c4c(C(=O)O)c(C(=O)O)cc5c6cccc7cccc(c3c45)c76)cc2)cc1. The lowest BCUT2D eigenvalue weighted by Gasteiger charge is -2.22. The summed E-state index contributed by atoms with van der Waals surface area (Å²) < 4.78 is 11.0. The van der Waals surface area contributed by atoms with Crippen molar-refractivity contribution in [3.05, 3.63) is 119 Å². The molecule has 0 heterocycles. The summed E-state index contributed by atoms with van der Waals surface area (Å²) >= 11 is 0. The third-order valence-electron chi connectivity index (χ3n) is 9.07. The first-order valence-corrected chi connectivity index (χ1v) is 16.6. The fraction of sp³-hybridized carbons (Fsp3) is 0.0732. The van der Waals surface area contributed by atoms with Gasteiger partial charge in [-0.25, -0.2) is 19.2 Å². The van der Waals surface area contributed by atoms with Gasteiger partial charge in [-0.1, -0.05) is 36.4 Å². The van der Waals surface area contributed by atoms with Crippen LogP contribution in [-0.4, -0.2) is 69.3 Å². The van der Waals surface area contributed by atoms with Crippen LogP contribution in [0.3, 0.4) is 0 Å². The number of carbonyl (C=O) groups excluding carboxylic acids is 2. The van der Waals surface area contributed by atoms with Gasteiger partial charge in [-0.05, 0) is 88.5 Å². The Labute approximate surface area is 309 Å². The molecule has 2 amide bonds. The number of aromatic carboxylic acids is 4. The minimum absolute atomic E-state index is 0.0767. The summed E-state index contributed by atoms with van der Waals surface area (Å²) in [6.45, 7) is 2.01. The summed E-state index contributed by atoms with van der Waals surface area (Å²) in [7, 11) is 0. The Morgan fingerprint density at radius 2 is 1.09 bits per heavy atom. The van der Waals surface area contributed by atoms with Crippen molar-refractivity contribution < 1.29 is 58.7 Å². The van der Waals surface area contributed by atoms with Crippen LogP contribution in [0, 0.1) is 0 Å². The maximum Gasteiger partial charge on any atom is 0.337 e. The van der Waals surface area contributed by atoms with Gasteiger partial charge < -0.3 is 40.5 Å². The molecule has 0 aromatic heterocycles. The topological polar surface area (TPSA) is 226 Å². The first-order valence-electron chi connectivity index (χ1n) is 16.6. The van der Waals surface area contributed by atoms with E-state index in [1.165, 1.54) is 24.3 Å².